The third kappa shape index (κ3) is 4.96. The van der Waals surface area contributed by atoms with E-state index in [1.165, 1.54) is 0 Å². The Morgan fingerprint density at radius 3 is 2.62 bits per heavy atom. The number of imidazole rings is 1. The molecule has 0 aliphatic rings. The van der Waals surface area contributed by atoms with Gasteiger partial charge in [0.05, 0.1) is 54.2 Å². The monoisotopic (exact) mass is 529 g/mol. The molecule has 0 aliphatic carbocycles. The Kier molecular flexibility index (Phi) is 6.61. The SMILES string of the molecule is CCOc1ccc2c(c1)sc1nc(-c3ccccc3)c(COCc3cn(Cc4ccc(Cl)cc4)nn3)n12. The van der Waals surface area contributed by atoms with Crippen molar-refractivity contribution in [2.24, 2.45) is 0 Å². The van der Waals surface area contributed by atoms with E-state index in [1.54, 1.807) is 16.0 Å². The molecular weight excluding hydrogens is 506 g/mol. The van der Waals surface area contributed by atoms with Crippen molar-refractivity contribution in [2.75, 3.05) is 6.61 Å². The summed E-state index contributed by atoms with van der Waals surface area (Å²) < 4.78 is 17.0. The highest BCUT2D eigenvalue weighted by Gasteiger charge is 2.19. The number of thiazole rings is 1. The van der Waals surface area contributed by atoms with Crippen molar-refractivity contribution in [3.8, 4) is 17.0 Å². The number of fused-ring (bicyclic) bond motifs is 3. The van der Waals surface area contributed by atoms with Crippen LogP contribution in [0.5, 0.6) is 5.75 Å². The zero-order chi connectivity index (χ0) is 25.2. The number of hydrogen-bond donors (Lipinski definition) is 0. The molecule has 0 fully saturated rings. The smallest absolute Gasteiger partial charge is 0.195 e. The zero-order valence-corrected chi connectivity index (χ0v) is 21.7. The van der Waals surface area contributed by atoms with Gasteiger partial charge in [0.15, 0.2) is 4.96 Å². The first-order valence-electron chi connectivity index (χ1n) is 12.0. The van der Waals surface area contributed by atoms with Gasteiger partial charge in [0, 0.05) is 10.6 Å². The third-order valence-corrected chi connectivity index (χ3v) is 7.26. The fraction of sp³-hybridized carbons (Fsp3) is 0.179. The average Bonchev–Trinajstić information content (AvgIpc) is 3.60. The van der Waals surface area contributed by atoms with Crippen molar-refractivity contribution in [3.63, 3.8) is 0 Å². The van der Waals surface area contributed by atoms with E-state index in [-0.39, 0.29) is 0 Å². The number of halogens is 1. The molecule has 0 atom stereocenters. The Morgan fingerprint density at radius 2 is 1.81 bits per heavy atom. The van der Waals surface area contributed by atoms with E-state index in [2.05, 4.69) is 39.0 Å². The van der Waals surface area contributed by atoms with Gasteiger partial charge in [-0.25, -0.2) is 9.67 Å². The lowest BCUT2D eigenvalue weighted by Gasteiger charge is -2.07. The summed E-state index contributed by atoms with van der Waals surface area (Å²) in [6.45, 7) is 3.97. The van der Waals surface area contributed by atoms with Gasteiger partial charge in [-0.2, -0.15) is 0 Å². The molecule has 6 aromatic rings. The molecule has 37 heavy (non-hydrogen) atoms. The van der Waals surface area contributed by atoms with Gasteiger partial charge in [-0.15, -0.1) is 5.10 Å². The van der Waals surface area contributed by atoms with Gasteiger partial charge in [-0.3, -0.25) is 4.40 Å². The van der Waals surface area contributed by atoms with E-state index in [0.29, 0.717) is 31.4 Å². The van der Waals surface area contributed by atoms with Crippen LogP contribution in [0.25, 0.3) is 26.4 Å². The van der Waals surface area contributed by atoms with Crippen molar-refractivity contribution < 1.29 is 9.47 Å². The topological polar surface area (TPSA) is 66.5 Å². The molecule has 3 aromatic heterocycles. The van der Waals surface area contributed by atoms with Gasteiger partial charge in [-0.1, -0.05) is 70.6 Å². The lowest BCUT2D eigenvalue weighted by molar-refractivity contribution is 0.102. The number of ether oxygens (including phenoxy) is 2. The summed E-state index contributed by atoms with van der Waals surface area (Å²) in [6.07, 6.45) is 1.91. The number of aromatic nitrogens is 5. The molecule has 0 aliphatic heterocycles. The summed E-state index contributed by atoms with van der Waals surface area (Å²) >= 11 is 7.64. The van der Waals surface area contributed by atoms with Crippen LogP contribution in [0.1, 0.15) is 23.9 Å². The van der Waals surface area contributed by atoms with Crippen molar-refractivity contribution >= 4 is 38.1 Å². The van der Waals surface area contributed by atoms with Crippen LogP contribution in [0.2, 0.25) is 5.02 Å². The first-order valence-corrected chi connectivity index (χ1v) is 13.2. The molecule has 0 bridgehead atoms. The maximum atomic E-state index is 6.18. The van der Waals surface area contributed by atoms with Crippen LogP contribution in [-0.2, 0) is 24.5 Å². The molecule has 186 valence electrons. The van der Waals surface area contributed by atoms with Gasteiger partial charge in [-0.05, 0) is 42.8 Å². The molecule has 0 unspecified atom stereocenters. The molecular formula is C28H24ClN5O2S. The van der Waals surface area contributed by atoms with Crippen molar-refractivity contribution in [3.05, 3.63) is 101 Å². The largest absolute Gasteiger partial charge is 0.494 e. The maximum absolute atomic E-state index is 6.18. The second-order valence-electron chi connectivity index (χ2n) is 8.58. The highest BCUT2D eigenvalue weighted by molar-refractivity contribution is 7.23. The summed E-state index contributed by atoms with van der Waals surface area (Å²) in [5.41, 5.74) is 5.95. The molecule has 0 spiro atoms. The molecule has 0 saturated carbocycles. The van der Waals surface area contributed by atoms with Gasteiger partial charge in [0.2, 0.25) is 0 Å². The molecule has 0 saturated heterocycles. The number of benzene rings is 3. The first kappa shape index (κ1) is 23.7. The molecule has 0 amide bonds. The summed E-state index contributed by atoms with van der Waals surface area (Å²) in [5, 5.41) is 9.25. The van der Waals surface area contributed by atoms with Crippen LogP contribution in [0.3, 0.4) is 0 Å². The first-order chi connectivity index (χ1) is 18.2. The van der Waals surface area contributed by atoms with E-state index in [0.717, 1.165) is 49.1 Å². The van der Waals surface area contributed by atoms with Gasteiger partial charge in [0.25, 0.3) is 0 Å². The van der Waals surface area contributed by atoms with Crippen molar-refractivity contribution in [1.29, 1.82) is 0 Å². The molecule has 3 heterocycles. The summed E-state index contributed by atoms with van der Waals surface area (Å²) in [4.78, 5) is 5.92. The van der Waals surface area contributed by atoms with Crippen LogP contribution in [-0.4, -0.2) is 31.0 Å². The minimum absolute atomic E-state index is 0.346. The minimum atomic E-state index is 0.346. The lowest BCUT2D eigenvalue weighted by atomic mass is 10.1. The molecule has 7 nitrogen and oxygen atoms in total. The predicted octanol–water partition coefficient (Wildman–Crippen LogP) is 6.62. The maximum Gasteiger partial charge on any atom is 0.195 e. The highest BCUT2D eigenvalue weighted by Crippen LogP contribution is 2.35. The lowest BCUT2D eigenvalue weighted by Crippen LogP contribution is -2.00. The standard InChI is InChI=1S/C28H24ClN5O2S/c1-2-36-23-12-13-24-26(14-23)37-28-30-27(20-6-4-3-5-7-20)25(34(24)28)18-35-17-22-16-33(32-31-22)15-19-8-10-21(29)11-9-19/h3-14,16H,2,15,17-18H2,1H3. The number of nitrogens with zero attached hydrogens (tertiary/aromatic N) is 5. The minimum Gasteiger partial charge on any atom is -0.494 e. The normalized spacial score (nSPS) is 11.5. The summed E-state index contributed by atoms with van der Waals surface area (Å²) in [6, 6.07) is 24.1. The summed E-state index contributed by atoms with van der Waals surface area (Å²) in [5.74, 6) is 0.863. The molecule has 0 radical (unpaired) electrons. The van der Waals surface area contributed by atoms with Crippen LogP contribution < -0.4 is 4.74 Å². The number of hydrogen-bond acceptors (Lipinski definition) is 6. The Hall–Kier alpha value is -3.72. The molecule has 0 N–H and O–H groups in total. The Morgan fingerprint density at radius 1 is 0.973 bits per heavy atom. The van der Waals surface area contributed by atoms with Crippen LogP contribution in [0.15, 0.2) is 79.0 Å². The molecule has 6 rings (SSSR count). The quantitative estimate of drug-likeness (QED) is 0.210. The second-order valence-corrected chi connectivity index (χ2v) is 10.0. The van der Waals surface area contributed by atoms with E-state index >= 15 is 0 Å². The van der Waals surface area contributed by atoms with Crippen LogP contribution in [0.4, 0.5) is 0 Å². The van der Waals surface area contributed by atoms with E-state index in [9.17, 15) is 0 Å². The highest BCUT2D eigenvalue weighted by atomic mass is 35.5. The second kappa shape index (κ2) is 10.3. The van der Waals surface area contributed by atoms with Crippen LogP contribution in [0, 0.1) is 0 Å². The van der Waals surface area contributed by atoms with Gasteiger partial charge >= 0.3 is 0 Å². The predicted molar refractivity (Wildman–Crippen MR) is 146 cm³/mol. The average molecular weight is 530 g/mol. The van der Waals surface area contributed by atoms with Gasteiger partial charge < -0.3 is 9.47 Å². The van der Waals surface area contributed by atoms with E-state index < -0.39 is 0 Å². The van der Waals surface area contributed by atoms with Crippen molar-refractivity contribution in [1.82, 2.24) is 24.4 Å². The molecule has 3 aromatic carbocycles. The van der Waals surface area contributed by atoms with Gasteiger partial charge in [0.1, 0.15) is 11.4 Å². The van der Waals surface area contributed by atoms with Crippen molar-refractivity contribution in [2.45, 2.75) is 26.7 Å². The zero-order valence-electron chi connectivity index (χ0n) is 20.2. The Bertz CT molecular complexity index is 1660. The Balaban J connectivity index is 1.26. The Labute approximate surface area is 222 Å². The van der Waals surface area contributed by atoms with Crippen LogP contribution >= 0.6 is 22.9 Å². The number of rotatable bonds is 9. The molecule has 9 heteroatoms. The van der Waals surface area contributed by atoms with E-state index in [1.807, 2.05) is 61.7 Å². The fourth-order valence-electron chi connectivity index (χ4n) is 4.34. The summed E-state index contributed by atoms with van der Waals surface area (Å²) in [7, 11) is 0. The van der Waals surface area contributed by atoms with E-state index in [4.69, 9.17) is 26.1 Å². The third-order valence-electron chi connectivity index (χ3n) is 6.01. The fourth-order valence-corrected chi connectivity index (χ4v) is 5.53.